The zero-order valence-corrected chi connectivity index (χ0v) is 24.8. The molecule has 1 heterocycles. The third kappa shape index (κ3) is 6.66. The first-order valence-electron chi connectivity index (χ1n) is 12.1. The first-order chi connectivity index (χ1) is 18.6. The van der Waals surface area contributed by atoms with Crippen LogP contribution in [-0.4, -0.2) is 32.6 Å². The van der Waals surface area contributed by atoms with Crippen molar-refractivity contribution < 1.29 is 83.4 Å². The van der Waals surface area contributed by atoms with Crippen molar-refractivity contribution in [2.75, 3.05) is 4.90 Å². The van der Waals surface area contributed by atoms with Crippen molar-refractivity contribution in [2.24, 2.45) is 0 Å². The number of fused-ring (bicyclic) bond motifs is 1. The fourth-order valence-electron chi connectivity index (χ4n) is 4.52. The number of ketones is 1. The van der Waals surface area contributed by atoms with Gasteiger partial charge in [0.1, 0.15) is 11.3 Å². The minimum absolute atomic E-state index is 0. The van der Waals surface area contributed by atoms with Crippen LogP contribution in [0.3, 0.4) is 0 Å². The monoisotopic (exact) mass is 717 g/mol. The molecular formula is C31H27EuF3N2O5. The predicted octanol–water partition coefficient (Wildman–Crippen LogP) is 5.88. The molecule has 219 valence electrons. The fraction of sp³-hybridized carbons (Fsp3) is 0.0968. The normalized spacial score (nSPS) is 10.7. The van der Waals surface area contributed by atoms with Crippen LogP contribution in [0.2, 0.25) is 0 Å². The number of hydrogen-bond donors (Lipinski definition) is 1. The van der Waals surface area contributed by atoms with Gasteiger partial charge in [0.15, 0.2) is 0 Å². The quantitative estimate of drug-likeness (QED) is 0.228. The number of halogens is 3. The Labute approximate surface area is 280 Å². The molecule has 5 N–H and O–H groups in total. The van der Waals surface area contributed by atoms with Gasteiger partial charge in [-0.3, -0.25) is 14.2 Å². The molecule has 0 amide bonds. The Bertz CT molecular complexity index is 1710. The Kier molecular flexibility index (Phi) is 11.4. The number of carbonyl (C=O) groups excluding carboxylic acids is 1. The summed E-state index contributed by atoms with van der Waals surface area (Å²) in [6.07, 6.45) is -5.34. The minimum atomic E-state index is -5.34. The van der Waals surface area contributed by atoms with Gasteiger partial charge in [0.05, 0.1) is 5.52 Å². The first kappa shape index (κ1) is 34.9. The van der Waals surface area contributed by atoms with Crippen molar-refractivity contribution >= 4 is 33.7 Å². The zero-order valence-electron chi connectivity index (χ0n) is 22.4. The number of rotatable bonds is 5. The molecule has 5 rings (SSSR count). The average Bonchev–Trinajstić information content (AvgIpc) is 2.91. The molecule has 0 spiro atoms. The molecule has 11 heteroatoms. The van der Waals surface area contributed by atoms with Gasteiger partial charge in [0.2, 0.25) is 0 Å². The van der Waals surface area contributed by atoms with Crippen LogP contribution in [-0.2, 0) is 0 Å². The summed E-state index contributed by atoms with van der Waals surface area (Å²) < 4.78 is 41.3. The predicted molar refractivity (Wildman–Crippen MR) is 153 cm³/mol. The second-order valence-electron chi connectivity index (χ2n) is 9.23. The van der Waals surface area contributed by atoms with Gasteiger partial charge in [-0.05, 0) is 68.4 Å². The Hall–Kier alpha value is -3.35. The van der Waals surface area contributed by atoms with E-state index in [4.69, 9.17) is 0 Å². The van der Waals surface area contributed by atoms with Gasteiger partial charge in [0, 0.05) is 77.5 Å². The van der Waals surface area contributed by atoms with E-state index < -0.39 is 28.8 Å². The van der Waals surface area contributed by atoms with Gasteiger partial charge in [-0.1, -0.05) is 53.6 Å². The van der Waals surface area contributed by atoms with E-state index in [9.17, 15) is 27.9 Å². The number of carbonyl (C=O) groups is 1. The summed E-state index contributed by atoms with van der Waals surface area (Å²) in [7, 11) is 0. The molecule has 42 heavy (non-hydrogen) atoms. The number of anilines is 3. The molecule has 0 atom stereocenters. The van der Waals surface area contributed by atoms with Gasteiger partial charge < -0.3 is 21.0 Å². The van der Waals surface area contributed by atoms with E-state index in [-0.39, 0.29) is 76.9 Å². The van der Waals surface area contributed by atoms with E-state index in [0.29, 0.717) is 5.69 Å². The zero-order chi connectivity index (χ0) is 27.9. The maximum Gasteiger partial charge on any atom is 0.455 e. The van der Waals surface area contributed by atoms with E-state index >= 15 is 0 Å². The summed E-state index contributed by atoms with van der Waals surface area (Å²) in [6, 6.07) is 28.3. The van der Waals surface area contributed by atoms with Crippen LogP contribution >= 0.6 is 0 Å². The smallest absolute Gasteiger partial charge is 0.455 e. The molecule has 1 radical (unpaired) electrons. The summed E-state index contributed by atoms with van der Waals surface area (Å²) >= 11 is 0. The molecule has 0 unspecified atom stereocenters. The maximum absolute atomic E-state index is 13.5. The van der Waals surface area contributed by atoms with E-state index in [0.717, 1.165) is 27.1 Å². The summed E-state index contributed by atoms with van der Waals surface area (Å²) in [6.45, 7) is 3.94. The van der Waals surface area contributed by atoms with Crippen molar-refractivity contribution in [3.63, 3.8) is 0 Å². The largest absolute Gasteiger partial charge is 0.506 e. The summed E-state index contributed by atoms with van der Waals surface area (Å²) in [4.78, 5) is 27.6. The van der Waals surface area contributed by atoms with Crippen LogP contribution in [0.25, 0.3) is 16.6 Å². The van der Waals surface area contributed by atoms with Crippen LogP contribution in [0.4, 0.5) is 30.2 Å². The molecule has 7 nitrogen and oxygen atoms in total. The van der Waals surface area contributed by atoms with E-state index in [1.807, 2.05) is 67.3 Å². The summed E-state index contributed by atoms with van der Waals surface area (Å²) in [5.41, 5.74) is 2.15. The van der Waals surface area contributed by atoms with Crippen molar-refractivity contribution in [1.29, 1.82) is 0 Å². The third-order valence-corrected chi connectivity index (χ3v) is 6.47. The molecule has 0 fully saturated rings. The number of aromatic nitrogens is 1. The van der Waals surface area contributed by atoms with Crippen LogP contribution in [0.1, 0.15) is 21.5 Å². The second-order valence-corrected chi connectivity index (χ2v) is 9.23. The van der Waals surface area contributed by atoms with Crippen LogP contribution in [0.5, 0.6) is 5.75 Å². The Balaban J connectivity index is 0.00000205. The molecule has 4 aromatic carbocycles. The van der Waals surface area contributed by atoms with Crippen molar-refractivity contribution in [1.82, 2.24) is 4.57 Å². The summed E-state index contributed by atoms with van der Waals surface area (Å²) in [5.74, 6) is -3.41. The number of nitrogens with zero attached hydrogens (tertiary/aromatic N) is 2. The number of aryl methyl sites for hydroxylation is 2. The van der Waals surface area contributed by atoms with Crippen LogP contribution in [0, 0.1) is 63.2 Å². The fourth-order valence-corrected chi connectivity index (χ4v) is 4.52. The molecule has 0 saturated carbocycles. The SMILES string of the molecule is Cc1ccc(N(c2ccc(C)cc2)c2ccc3c(O)c(C(=O)C(F)(F)F)c(=O)n(-c4ccccc4)c3c2)cc1.O.O.[Eu]. The first-order valence-corrected chi connectivity index (χ1v) is 12.1. The molecule has 0 aliphatic carbocycles. The number of aromatic hydroxyl groups is 1. The van der Waals surface area contributed by atoms with E-state index in [1.165, 1.54) is 6.07 Å². The van der Waals surface area contributed by atoms with Gasteiger partial charge in [0.25, 0.3) is 11.3 Å². The Morgan fingerprint density at radius 1 is 0.762 bits per heavy atom. The van der Waals surface area contributed by atoms with Gasteiger partial charge >= 0.3 is 6.18 Å². The Morgan fingerprint density at radius 2 is 1.24 bits per heavy atom. The molecule has 1 aromatic heterocycles. The van der Waals surface area contributed by atoms with Gasteiger partial charge in [-0.25, -0.2) is 0 Å². The Morgan fingerprint density at radius 3 is 1.71 bits per heavy atom. The minimum Gasteiger partial charge on any atom is -0.506 e. The average molecular weight is 717 g/mol. The maximum atomic E-state index is 13.5. The number of alkyl halides is 3. The molecule has 0 aliphatic heterocycles. The molecule has 0 saturated heterocycles. The number of Topliss-reactive ketones (excluding diaryl/α,β-unsaturated/α-hetero) is 1. The number of para-hydroxylation sites is 1. The van der Waals surface area contributed by atoms with Crippen LogP contribution < -0.4 is 10.5 Å². The van der Waals surface area contributed by atoms with Gasteiger partial charge in [-0.15, -0.1) is 0 Å². The molecule has 5 aromatic rings. The number of hydrogen-bond acceptors (Lipinski definition) is 4. The standard InChI is InChI=1S/C31H23F3N2O3.Eu.2H2O/c1-19-8-12-22(13-9-19)35(23-14-10-20(2)11-15-23)24-16-17-25-26(18-24)36(21-6-4-3-5-7-21)30(39)27(28(25)37)29(38)31(32,33)34;;;/h3-18,37H,1-2H3;;2*1H2. The van der Waals surface area contributed by atoms with Crippen molar-refractivity contribution in [3.05, 3.63) is 124 Å². The number of benzene rings is 4. The van der Waals surface area contributed by atoms with Gasteiger partial charge in [-0.2, -0.15) is 13.2 Å². The van der Waals surface area contributed by atoms with Crippen molar-refractivity contribution in [2.45, 2.75) is 20.0 Å². The third-order valence-electron chi connectivity index (χ3n) is 6.47. The van der Waals surface area contributed by atoms with E-state index in [1.54, 1.807) is 42.5 Å². The number of pyridine rings is 1. The molecular weight excluding hydrogens is 689 g/mol. The van der Waals surface area contributed by atoms with E-state index in [2.05, 4.69) is 0 Å². The summed E-state index contributed by atoms with van der Waals surface area (Å²) in [5, 5.41) is 10.7. The van der Waals surface area contributed by atoms with Crippen LogP contribution in [0.15, 0.2) is 102 Å². The molecule has 0 bridgehead atoms. The van der Waals surface area contributed by atoms with Crippen molar-refractivity contribution in [3.8, 4) is 11.4 Å². The molecule has 0 aliphatic rings. The topological polar surface area (TPSA) is 126 Å². The second kappa shape index (κ2) is 13.8.